The number of rotatable bonds is 6. The Bertz CT molecular complexity index is 852. The zero-order valence-electron chi connectivity index (χ0n) is 18.2. The smallest absolute Gasteiger partial charge is 0.189 e. The van der Waals surface area contributed by atoms with Crippen molar-refractivity contribution in [2.24, 2.45) is 11.8 Å². The van der Waals surface area contributed by atoms with Crippen LogP contribution in [0, 0.1) is 11.8 Å². The van der Waals surface area contributed by atoms with Gasteiger partial charge in [0, 0.05) is 37.8 Å². The monoisotopic (exact) mass is 415 g/mol. The highest BCUT2D eigenvalue weighted by atomic mass is 16.7. The Hall–Kier alpha value is -1.34. The number of hydrogen-bond acceptors (Lipinski definition) is 6. The number of benzene rings is 1. The second-order valence-corrected chi connectivity index (χ2v) is 10.1. The molecule has 1 spiro atoms. The summed E-state index contributed by atoms with van der Waals surface area (Å²) in [5.41, 5.74) is 1.26. The van der Waals surface area contributed by atoms with Crippen LogP contribution in [0.3, 0.4) is 0 Å². The molecule has 0 amide bonds. The fraction of sp³-hybridized carbons (Fsp3) is 0.750. The van der Waals surface area contributed by atoms with Gasteiger partial charge in [-0.15, -0.1) is 0 Å². The van der Waals surface area contributed by atoms with Crippen LogP contribution in [0.5, 0.6) is 11.5 Å². The molecular formula is C24H33NO5. The van der Waals surface area contributed by atoms with Gasteiger partial charge in [-0.05, 0) is 68.5 Å². The summed E-state index contributed by atoms with van der Waals surface area (Å²) in [6.45, 7) is 2.29. The van der Waals surface area contributed by atoms with Crippen molar-refractivity contribution in [2.75, 3.05) is 34.4 Å². The third-order valence-corrected chi connectivity index (χ3v) is 8.77. The van der Waals surface area contributed by atoms with Gasteiger partial charge in [-0.2, -0.15) is 0 Å². The van der Waals surface area contributed by atoms with Crippen molar-refractivity contribution in [1.29, 1.82) is 0 Å². The molecule has 30 heavy (non-hydrogen) atoms. The number of piperidine rings is 1. The lowest BCUT2D eigenvalue weighted by atomic mass is 9.49. The topological polar surface area (TPSA) is 60.4 Å². The zero-order valence-corrected chi connectivity index (χ0v) is 18.2. The SMILES string of the molecule is COc1ccc2c3c1O[C@@H]1[C@]34CCN(CC3CC3)[C@H](C2)[C@@H]4CC[C@@]1(O)C(OC)OC. The highest BCUT2D eigenvalue weighted by Crippen LogP contribution is 2.66. The largest absolute Gasteiger partial charge is 0.493 e. The van der Waals surface area contributed by atoms with Crippen molar-refractivity contribution in [3.05, 3.63) is 23.3 Å². The Kier molecular flexibility index (Phi) is 4.24. The summed E-state index contributed by atoms with van der Waals surface area (Å²) in [5, 5.41) is 12.0. The highest BCUT2D eigenvalue weighted by Gasteiger charge is 2.71. The summed E-state index contributed by atoms with van der Waals surface area (Å²) >= 11 is 0. The standard InChI is InChI=1S/C24H33NO5/c1-27-18-7-6-15-12-17-16-8-9-24(26,22(28-2)29-3)21-23(16,19(15)20(18)30-21)10-11-25(17)13-14-4-5-14/h6-7,14,16-17,21-22,26H,4-5,8-13H2,1-3H3/t16-,17+,21+,23-,24-/m0/s1. The molecule has 2 aliphatic heterocycles. The third-order valence-electron chi connectivity index (χ3n) is 8.77. The number of likely N-dealkylation sites (tertiary alicyclic amines) is 1. The molecule has 6 nitrogen and oxygen atoms in total. The van der Waals surface area contributed by atoms with Crippen molar-refractivity contribution in [2.45, 2.75) is 68.0 Å². The van der Waals surface area contributed by atoms with E-state index in [1.807, 2.05) is 6.07 Å². The molecule has 6 heteroatoms. The fourth-order valence-corrected chi connectivity index (χ4v) is 7.45. The molecule has 0 unspecified atom stereocenters. The van der Waals surface area contributed by atoms with Gasteiger partial charge in [-0.1, -0.05) is 6.07 Å². The Morgan fingerprint density at radius 3 is 2.67 bits per heavy atom. The molecule has 1 saturated heterocycles. The van der Waals surface area contributed by atoms with Gasteiger partial charge in [0.25, 0.3) is 0 Å². The summed E-state index contributed by atoms with van der Waals surface area (Å²) in [5.74, 6) is 2.97. The van der Waals surface area contributed by atoms with E-state index in [-0.39, 0.29) is 11.5 Å². The first-order chi connectivity index (χ1) is 14.6. The van der Waals surface area contributed by atoms with Crippen molar-refractivity contribution >= 4 is 0 Å². The molecule has 2 bridgehead atoms. The molecular weight excluding hydrogens is 382 g/mol. The van der Waals surface area contributed by atoms with Crippen LogP contribution in [0.25, 0.3) is 0 Å². The van der Waals surface area contributed by atoms with E-state index < -0.39 is 11.9 Å². The quantitative estimate of drug-likeness (QED) is 0.721. The van der Waals surface area contributed by atoms with Crippen molar-refractivity contribution in [3.8, 4) is 11.5 Å². The highest BCUT2D eigenvalue weighted by molar-refractivity contribution is 5.61. The number of ether oxygens (including phenoxy) is 4. The van der Waals surface area contributed by atoms with Crippen LogP contribution in [0.4, 0.5) is 0 Å². The van der Waals surface area contributed by atoms with E-state index >= 15 is 0 Å². The van der Waals surface area contributed by atoms with E-state index in [0.29, 0.717) is 18.4 Å². The minimum atomic E-state index is -1.19. The molecule has 1 aromatic carbocycles. The Morgan fingerprint density at radius 1 is 1.17 bits per heavy atom. The normalized spacial score (nSPS) is 39.0. The Balaban J connectivity index is 1.51. The number of hydrogen-bond donors (Lipinski definition) is 1. The summed E-state index contributed by atoms with van der Waals surface area (Å²) in [6, 6.07) is 4.78. The molecule has 0 radical (unpaired) electrons. The lowest BCUT2D eigenvalue weighted by molar-refractivity contribution is -0.273. The van der Waals surface area contributed by atoms with Crippen LogP contribution >= 0.6 is 0 Å². The van der Waals surface area contributed by atoms with Gasteiger partial charge < -0.3 is 24.1 Å². The third kappa shape index (κ3) is 2.34. The maximum Gasteiger partial charge on any atom is 0.189 e. The van der Waals surface area contributed by atoms with E-state index in [2.05, 4.69) is 11.0 Å². The molecule has 5 aliphatic rings. The van der Waals surface area contributed by atoms with Gasteiger partial charge in [-0.3, -0.25) is 4.90 Å². The molecule has 3 fully saturated rings. The lowest BCUT2D eigenvalue weighted by Crippen LogP contribution is -2.72. The molecule has 6 rings (SSSR count). The van der Waals surface area contributed by atoms with E-state index in [0.717, 1.165) is 43.2 Å². The number of nitrogens with zero attached hydrogens (tertiary/aromatic N) is 1. The van der Waals surface area contributed by atoms with E-state index in [1.165, 1.54) is 30.5 Å². The predicted molar refractivity (Wildman–Crippen MR) is 111 cm³/mol. The summed E-state index contributed by atoms with van der Waals surface area (Å²) in [4.78, 5) is 2.75. The van der Waals surface area contributed by atoms with Gasteiger partial charge in [0.15, 0.2) is 23.4 Å². The van der Waals surface area contributed by atoms with Crippen LogP contribution in [0.1, 0.15) is 43.2 Å². The average Bonchev–Trinajstić information content (AvgIpc) is 3.50. The molecule has 1 aromatic rings. The average molecular weight is 416 g/mol. The Labute approximate surface area is 178 Å². The second kappa shape index (κ2) is 6.58. The molecule has 2 saturated carbocycles. The van der Waals surface area contributed by atoms with Gasteiger partial charge >= 0.3 is 0 Å². The van der Waals surface area contributed by atoms with Gasteiger partial charge in [0.2, 0.25) is 0 Å². The lowest BCUT2D eigenvalue weighted by Gasteiger charge is -2.61. The zero-order chi connectivity index (χ0) is 20.7. The minimum absolute atomic E-state index is 0.204. The molecule has 5 atom stereocenters. The van der Waals surface area contributed by atoms with E-state index in [9.17, 15) is 5.11 Å². The summed E-state index contributed by atoms with van der Waals surface area (Å²) in [6.07, 6.45) is 5.31. The van der Waals surface area contributed by atoms with Gasteiger partial charge in [-0.25, -0.2) is 0 Å². The molecule has 1 N–H and O–H groups in total. The van der Waals surface area contributed by atoms with Crippen LogP contribution in [0.15, 0.2) is 12.1 Å². The molecule has 3 aliphatic carbocycles. The predicted octanol–water partition coefficient (Wildman–Crippen LogP) is 2.49. The van der Waals surface area contributed by atoms with Gasteiger partial charge in [0.1, 0.15) is 6.10 Å². The maximum absolute atomic E-state index is 12.0. The second-order valence-electron chi connectivity index (χ2n) is 10.1. The first-order valence-corrected chi connectivity index (χ1v) is 11.5. The Morgan fingerprint density at radius 2 is 1.97 bits per heavy atom. The summed E-state index contributed by atoms with van der Waals surface area (Å²) < 4.78 is 23.6. The van der Waals surface area contributed by atoms with Crippen LogP contribution in [0.2, 0.25) is 0 Å². The maximum atomic E-state index is 12.0. The first-order valence-electron chi connectivity index (χ1n) is 11.5. The molecule has 0 aromatic heterocycles. The van der Waals surface area contributed by atoms with Crippen LogP contribution in [-0.4, -0.2) is 68.5 Å². The van der Waals surface area contributed by atoms with E-state index in [1.54, 1.807) is 21.3 Å². The minimum Gasteiger partial charge on any atom is -0.493 e. The van der Waals surface area contributed by atoms with Crippen LogP contribution < -0.4 is 9.47 Å². The molecule has 164 valence electrons. The summed E-state index contributed by atoms with van der Waals surface area (Å²) in [7, 11) is 4.90. The van der Waals surface area contributed by atoms with E-state index in [4.69, 9.17) is 18.9 Å². The van der Waals surface area contributed by atoms with Crippen molar-refractivity contribution in [1.82, 2.24) is 4.90 Å². The fourth-order valence-electron chi connectivity index (χ4n) is 7.45. The van der Waals surface area contributed by atoms with Crippen LogP contribution in [-0.2, 0) is 21.3 Å². The van der Waals surface area contributed by atoms with Crippen molar-refractivity contribution in [3.63, 3.8) is 0 Å². The number of aliphatic hydroxyl groups is 1. The first kappa shape index (κ1) is 19.4. The number of methoxy groups -OCH3 is 3. The van der Waals surface area contributed by atoms with Crippen molar-refractivity contribution < 1.29 is 24.1 Å². The molecule has 2 heterocycles. The van der Waals surface area contributed by atoms with Gasteiger partial charge in [0.05, 0.1) is 7.11 Å².